The van der Waals surface area contributed by atoms with E-state index in [2.05, 4.69) is 37.9 Å². The summed E-state index contributed by atoms with van der Waals surface area (Å²) in [6.07, 6.45) is 5.25. The van der Waals surface area contributed by atoms with E-state index in [4.69, 9.17) is 4.74 Å². The van der Waals surface area contributed by atoms with Gasteiger partial charge in [-0.05, 0) is 37.5 Å². The molecule has 0 aliphatic carbocycles. The first-order valence-electron chi connectivity index (χ1n) is 8.21. The summed E-state index contributed by atoms with van der Waals surface area (Å²) in [6.45, 7) is 8.71. The molecular formula is C16H28N2O2. The molecule has 4 nitrogen and oxygen atoms in total. The maximum Gasteiger partial charge on any atom is 0.241 e. The summed E-state index contributed by atoms with van der Waals surface area (Å²) < 4.78 is 5.97. The number of nitrogens with one attached hydrogen (secondary N) is 1. The third kappa shape index (κ3) is 2.37. The second-order valence-corrected chi connectivity index (χ2v) is 7.46. The van der Waals surface area contributed by atoms with Gasteiger partial charge in [0, 0.05) is 0 Å². The zero-order valence-corrected chi connectivity index (χ0v) is 13.1. The number of ether oxygens (including phenoxy) is 1. The molecule has 114 valence electrons. The fraction of sp³-hybridized carbons (Fsp3) is 0.938. The first-order chi connectivity index (χ1) is 9.47. The minimum atomic E-state index is -0.0159. The highest BCUT2D eigenvalue weighted by molar-refractivity contribution is 5.85. The van der Waals surface area contributed by atoms with Crippen molar-refractivity contribution in [1.82, 2.24) is 10.2 Å². The largest absolute Gasteiger partial charge is 0.373 e. The first kappa shape index (κ1) is 14.3. The minimum Gasteiger partial charge on any atom is -0.373 e. The Labute approximate surface area is 122 Å². The molecule has 5 unspecified atom stereocenters. The summed E-state index contributed by atoms with van der Waals surface area (Å²) in [5.41, 5.74) is 0. The Bertz CT molecular complexity index is 383. The molecule has 2 bridgehead atoms. The second kappa shape index (κ2) is 5.30. The van der Waals surface area contributed by atoms with Gasteiger partial charge >= 0.3 is 0 Å². The van der Waals surface area contributed by atoms with Crippen LogP contribution in [0.1, 0.15) is 53.4 Å². The summed E-state index contributed by atoms with van der Waals surface area (Å²) in [6, 6.07) is 0.291. The van der Waals surface area contributed by atoms with Crippen LogP contribution in [0.4, 0.5) is 0 Å². The van der Waals surface area contributed by atoms with Crippen molar-refractivity contribution in [3.63, 3.8) is 0 Å². The minimum absolute atomic E-state index is 0.0159. The van der Waals surface area contributed by atoms with Gasteiger partial charge in [-0.3, -0.25) is 10.1 Å². The van der Waals surface area contributed by atoms with Crippen LogP contribution in [0.5, 0.6) is 0 Å². The fourth-order valence-corrected chi connectivity index (χ4v) is 4.08. The highest BCUT2D eigenvalue weighted by atomic mass is 16.5. The van der Waals surface area contributed by atoms with Crippen molar-refractivity contribution in [2.75, 3.05) is 0 Å². The van der Waals surface area contributed by atoms with Crippen LogP contribution in [0, 0.1) is 11.8 Å². The molecule has 20 heavy (non-hydrogen) atoms. The predicted octanol–water partition coefficient (Wildman–Crippen LogP) is 2.13. The van der Waals surface area contributed by atoms with E-state index in [1.807, 2.05) is 0 Å². The van der Waals surface area contributed by atoms with Gasteiger partial charge in [-0.15, -0.1) is 0 Å². The Balaban J connectivity index is 1.79. The number of carbonyl (C=O) groups is 1. The SMILES string of the molecule is CC(C)CC1NC(C(C)C)C(=O)N1C1CC2CCC1O2. The standard InChI is InChI=1S/C16H28N2O2/c1-9(2)7-14-17-15(10(3)4)16(19)18(14)12-8-11-5-6-13(12)20-11/h9-15,17H,5-8H2,1-4H3. The topological polar surface area (TPSA) is 41.6 Å². The molecule has 0 spiro atoms. The van der Waals surface area contributed by atoms with Crippen molar-refractivity contribution in [3.8, 4) is 0 Å². The van der Waals surface area contributed by atoms with E-state index < -0.39 is 0 Å². The van der Waals surface area contributed by atoms with Gasteiger partial charge in [0.25, 0.3) is 0 Å². The van der Waals surface area contributed by atoms with Gasteiger partial charge < -0.3 is 9.64 Å². The number of nitrogens with zero attached hydrogens (tertiary/aromatic N) is 1. The van der Waals surface area contributed by atoms with Crippen LogP contribution in [0.3, 0.4) is 0 Å². The van der Waals surface area contributed by atoms with Crippen LogP contribution >= 0.6 is 0 Å². The van der Waals surface area contributed by atoms with E-state index in [1.165, 1.54) is 6.42 Å². The molecule has 4 heteroatoms. The van der Waals surface area contributed by atoms with Crippen LogP contribution in [0.2, 0.25) is 0 Å². The van der Waals surface area contributed by atoms with Crippen molar-refractivity contribution in [1.29, 1.82) is 0 Å². The Morgan fingerprint density at radius 2 is 2.05 bits per heavy atom. The van der Waals surface area contributed by atoms with Crippen LogP contribution in [0.15, 0.2) is 0 Å². The Hall–Kier alpha value is -0.610. The van der Waals surface area contributed by atoms with E-state index in [9.17, 15) is 4.79 Å². The molecule has 3 aliphatic rings. The second-order valence-electron chi connectivity index (χ2n) is 7.46. The summed E-state index contributed by atoms with van der Waals surface area (Å²) in [4.78, 5) is 15.0. The molecule has 1 N–H and O–H groups in total. The van der Waals surface area contributed by atoms with Crippen molar-refractivity contribution >= 4 is 5.91 Å². The van der Waals surface area contributed by atoms with E-state index >= 15 is 0 Å². The average Bonchev–Trinajstić information content (AvgIpc) is 3.02. The average molecular weight is 280 g/mol. The van der Waals surface area contributed by atoms with E-state index in [0.29, 0.717) is 29.9 Å². The van der Waals surface area contributed by atoms with Gasteiger partial charge in [0.05, 0.1) is 30.5 Å². The van der Waals surface area contributed by atoms with Crippen molar-refractivity contribution in [3.05, 3.63) is 0 Å². The van der Waals surface area contributed by atoms with Crippen LogP contribution in [-0.4, -0.2) is 41.3 Å². The predicted molar refractivity (Wildman–Crippen MR) is 78.2 cm³/mol. The first-order valence-corrected chi connectivity index (χ1v) is 8.21. The zero-order valence-electron chi connectivity index (χ0n) is 13.1. The molecule has 1 amide bonds. The van der Waals surface area contributed by atoms with Crippen molar-refractivity contribution < 1.29 is 9.53 Å². The van der Waals surface area contributed by atoms with Gasteiger partial charge in [0.2, 0.25) is 5.91 Å². The molecule has 3 rings (SSSR count). The summed E-state index contributed by atoms with van der Waals surface area (Å²) >= 11 is 0. The number of carbonyl (C=O) groups excluding carboxylic acids is 1. The van der Waals surface area contributed by atoms with E-state index in [1.54, 1.807) is 0 Å². The monoisotopic (exact) mass is 280 g/mol. The fourth-order valence-electron chi connectivity index (χ4n) is 4.08. The van der Waals surface area contributed by atoms with Gasteiger partial charge in [0.1, 0.15) is 0 Å². The molecular weight excluding hydrogens is 252 g/mol. The molecule has 3 aliphatic heterocycles. The van der Waals surface area contributed by atoms with Crippen LogP contribution in [0.25, 0.3) is 0 Å². The smallest absolute Gasteiger partial charge is 0.241 e. The van der Waals surface area contributed by atoms with E-state index in [-0.39, 0.29) is 18.3 Å². The number of hydrogen-bond acceptors (Lipinski definition) is 3. The Morgan fingerprint density at radius 3 is 2.55 bits per heavy atom. The third-order valence-corrected chi connectivity index (χ3v) is 5.02. The summed E-state index contributed by atoms with van der Waals surface area (Å²) in [7, 11) is 0. The molecule has 0 aromatic carbocycles. The molecule has 0 aromatic rings. The third-order valence-electron chi connectivity index (χ3n) is 5.02. The lowest BCUT2D eigenvalue weighted by Crippen LogP contribution is -2.49. The normalized spacial score (nSPS) is 40.6. The zero-order chi connectivity index (χ0) is 14.4. The molecule has 3 heterocycles. The van der Waals surface area contributed by atoms with Gasteiger partial charge in [0.15, 0.2) is 0 Å². The van der Waals surface area contributed by atoms with E-state index in [0.717, 1.165) is 19.3 Å². The lowest BCUT2D eigenvalue weighted by molar-refractivity contribution is -0.134. The van der Waals surface area contributed by atoms with Gasteiger partial charge in [-0.2, -0.15) is 0 Å². The highest BCUT2D eigenvalue weighted by Gasteiger charge is 2.51. The van der Waals surface area contributed by atoms with Crippen molar-refractivity contribution in [2.45, 2.75) is 83.8 Å². The molecule has 0 aromatic heterocycles. The molecule has 0 saturated carbocycles. The highest BCUT2D eigenvalue weighted by Crippen LogP contribution is 2.40. The summed E-state index contributed by atoms with van der Waals surface area (Å²) in [5, 5.41) is 3.58. The Morgan fingerprint density at radius 1 is 1.30 bits per heavy atom. The summed E-state index contributed by atoms with van der Waals surface area (Å²) in [5.74, 6) is 1.24. The number of fused-ring (bicyclic) bond motifs is 2. The molecule has 5 atom stereocenters. The molecule has 3 fully saturated rings. The number of rotatable bonds is 4. The number of amides is 1. The molecule has 0 radical (unpaired) electrons. The number of hydrogen-bond donors (Lipinski definition) is 1. The van der Waals surface area contributed by atoms with Crippen molar-refractivity contribution in [2.24, 2.45) is 11.8 Å². The van der Waals surface area contributed by atoms with Gasteiger partial charge in [-0.1, -0.05) is 27.7 Å². The molecule has 3 saturated heterocycles. The lowest BCUT2D eigenvalue weighted by Gasteiger charge is -2.34. The lowest BCUT2D eigenvalue weighted by atomic mass is 9.93. The van der Waals surface area contributed by atoms with Crippen LogP contribution in [-0.2, 0) is 9.53 Å². The quantitative estimate of drug-likeness (QED) is 0.858. The maximum absolute atomic E-state index is 12.8. The van der Waals surface area contributed by atoms with Crippen LogP contribution < -0.4 is 5.32 Å². The van der Waals surface area contributed by atoms with Gasteiger partial charge in [-0.25, -0.2) is 0 Å². The maximum atomic E-state index is 12.8. The Kier molecular flexibility index (Phi) is 3.80.